The van der Waals surface area contributed by atoms with Crippen molar-refractivity contribution in [2.75, 3.05) is 20.8 Å². The van der Waals surface area contributed by atoms with E-state index in [1.807, 2.05) is 0 Å². The Bertz CT molecular complexity index is 1880. The van der Waals surface area contributed by atoms with Gasteiger partial charge in [0, 0.05) is 23.8 Å². The molecule has 2 heterocycles. The highest BCUT2D eigenvalue weighted by atomic mass is 16.7. The molecule has 47 heavy (non-hydrogen) atoms. The number of phenolic OH excluding ortho intramolecular Hbond substituents is 4. The summed E-state index contributed by atoms with van der Waals surface area (Å²) in [6.07, 6.45) is -6.20. The fourth-order valence-electron chi connectivity index (χ4n) is 4.82. The van der Waals surface area contributed by atoms with Gasteiger partial charge in [-0.1, -0.05) is 6.07 Å². The number of phenols is 4. The minimum Gasteiger partial charge on any atom is -0.504 e. The van der Waals surface area contributed by atoms with E-state index >= 15 is 0 Å². The topological polar surface area (TPSA) is 235 Å². The van der Waals surface area contributed by atoms with Crippen LogP contribution in [0.1, 0.15) is 5.56 Å². The standard InChI is InChI=1S/C32H30O15/c1-42-21-10-15(5-7-17(21)34)20-11-19(36)26-22(45-20)12-23(31(43-2)28(26)39)46-32-30(41)29(40)27(38)24(47-32)13-44-25(37)8-4-14-3-6-16(33)18(35)9-14/h3-12,24,27,29-30,32-35,38-41H,13H2,1-2H3/b8-4+/t24-,27-,29-,30-,32-/m1/s1. The highest BCUT2D eigenvalue weighted by molar-refractivity contribution is 5.90. The summed E-state index contributed by atoms with van der Waals surface area (Å²) in [6.45, 7) is -0.594. The number of esters is 1. The van der Waals surface area contributed by atoms with E-state index in [9.17, 15) is 45.3 Å². The number of benzene rings is 3. The molecule has 1 saturated heterocycles. The lowest BCUT2D eigenvalue weighted by Gasteiger charge is -2.40. The van der Waals surface area contributed by atoms with E-state index < -0.39 is 60.2 Å². The molecule has 1 aliphatic heterocycles. The number of aliphatic hydroxyl groups is 3. The second kappa shape index (κ2) is 13.5. The van der Waals surface area contributed by atoms with E-state index in [0.29, 0.717) is 11.1 Å². The Morgan fingerprint density at radius 3 is 2.30 bits per heavy atom. The van der Waals surface area contributed by atoms with Crippen molar-refractivity contribution in [1.29, 1.82) is 0 Å². The van der Waals surface area contributed by atoms with Crippen molar-refractivity contribution in [2.45, 2.75) is 30.7 Å². The Balaban J connectivity index is 1.38. The Hall–Kier alpha value is -5.48. The first-order chi connectivity index (χ1) is 22.4. The van der Waals surface area contributed by atoms with Crippen LogP contribution in [0.5, 0.6) is 40.2 Å². The number of hydrogen-bond donors (Lipinski definition) is 7. The summed E-state index contributed by atoms with van der Waals surface area (Å²) in [5.74, 6) is -2.89. The van der Waals surface area contributed by atoms with Gasteiger partial charge in [0.15, 0.2) is 39.9 Å². The van der Waals surface area contributed by atoms with Crippen LogP contribution in [0, 0.1) is 0 Å². The second-order valence-corrected chi connectivity index (χ2v) is 10.3. The number of aliphatic hydroxyl groups excluding tert-OH is 3. The molecule has 15 nitrogen and oxygen atoms in total. The van der Waals surface area contributed by atoms with Crippen LogP contribution in [0.15, 0.2) is 63.8 Å². The van der Waals surface area contributed by atoms with Gasteiger partial charge in [0.1, 0.15) is 47.8 Å². The van der Waals surface area contributed by atoms with Crippen LogP contribution in [-0.2, 0) is 14.3 Å². The molecule has 15 heteroatoms. The lowest BCUT2D eigenvalue weighted by Crippen LogP contribution is -2.60. The second-order valence-electron chi connectivity index (χ2n) is 10.3. The number of methoxy groups -OCH3 is 2. The monoisotopic (exact) mass is 654 g/mol. The molecule has 0 bridgehead atoms. The molecule has 0 unspecified atom stereocenters. The summed E-state index contributed by atoms with van der Waals surface area (Å²) in [5.41, 5.74) is -0.0937. The van der Waals surface area contributed by atoms with Gasteiger partial charge in [-0.3, -0.25) is 4.79 Å². The summed E-state index contributed by atoms with van der Waals surface area (Å²) in [4.78, 5) is 25.3. The number of rotatable bonds is 9. The average Bonchev–Trinajstić information content (AvgIpc) is 3.05. The predicted molar refractivity (Wildman–Crippen MR) is 161 cm³/mol. The SMILES string of the molecule is COc1cc(-c2cc(=O)c3c(O)c(OC)c(O[C@@H]4O[C@H](COC(=O)/C=C/c5ccc(O)c(O)c5)[C@@H](O)[C@@H](O)[C@H]4O)cc3o2)ccc1O. The van der Waals surface area contributed by atoms with Crippen LogP contribution >= 0.6 is 0 Å². The molecule has 3 aromatic carbocycles. The lowest BCUT2D eigenvalue weighted by molar-refractivity contribution is -0.278. The molecule has 0 amide bonds. The molecule has 1 aromatic heterocycles. The molecule has 0 radical (unpaired) electrons. The van der Waals surface area contributed by atoms with Gasteiger partial charge in [-0.2, -0.15) is 0 Å². The maximum Gasteiger partial charge on any atom is 0.330 e. The molecule has 5 atom stereocenters. The number of ether oxygens (including phenoxy) is 5. The molecular formula is C32H30O15. The fraction of sp³-hybridized carbons (Fsp3) is 0.250. The zero-order valence-electron chi connectivity index (χ0n) is 24.8. The molecule has 248 valence electrons. The van der Waals surface area contributed by atoms with Gasteiger partial charge in [0.25, 0.3) is 0 Å². The van der Waals surface area contributed by atoms with Gasteiger partial charge >= 0.3 is 5.97 Å². The first-order valence-electron chi connectivity index (χ1n) is 13.9. The summed E-state index contributed by atoms with van der Waals surface area (Å²) in [6, 6.07) is 10.4. The van der Waals surface area contributed by atoms with Gasteiger partial charge in [-0.15, -0.1) is 0 Å². The van der Waals surface area contributed by atoms with Crippen LogP contribution in [-0.4, -0.2) is 93.2 Å². The van der Waals surface area contributed by atoms with Crippen molar-refractivity contribution in [3.63, 3.8) is 0 Å². The molecule has 7 N–H and O–H groups in total. The third kappa shape index (κ3) is 6.73. The maximum absolute atomic E-state index is 13.1. The summed E-state index contributed by atoms with van der Waals surface area (Å²) < 4.78 is 32.7. The third-order valence-corrected chi connectivity index (χ3v) is 7.29. The van der Waals surface area contributed by atoms with E-state index in [1.165, 1.54) is 62.8 Å². The van der Waals surface area contributed by atoms with E-state index in [4.69, 9.17) is 28.1 Å². The first-order valence-corrected chi connectivity index (χ1v) is 13.9. The van der Waals surface area contributed by atoms with Gasteiger partial charge in [-0.25, -0.2) is 4.79 Å². The Morgan fingerprint density at radius 2 is 1.60 bits per heavy atom. The van der Waals surface area contributed by atoms with Crippen molar-refractivity contribution < 1.29 is 68.6 Å². The van der Waals surface area contributed by atoms with Crippen molar-refractivity contribution in [1.82, 2.24) is 0 Å². The first kappa shape index (κ1) is 32.9. The molecule has 1 aliphatic rings. The Morgan fingerprint density at radius 1 is 0.851 bits per heavy atom. The van der Waals surface area contributed by atoms with Crippen LogP contribution < -0.4 is 19.6 Å². The van der Waals surface area contributed by atoms with Crippen LogP contribution in [0.3, 0.4) is 0 Å². The number of hydrogen-bond acceptors (Lipinski definition) is 15. The summed E-state index contributed by atoms with van der Waals surface area (Å²) in [5, 5.41) is 71.3. The van der Waals surface area contributed by atoms with Crippen LogP contribution in [0.25, 0.3) is 28.4 Å². The molecular weight excluding hydrogens is 624 g/mol. The molecule has 0 aliphatic carbocycles. The van der Waals surface area contributed by atoms with E-state index in [0.717, 1.165) is 12.1 Å². The van der Waals surface area contributed by atoms with Crippen molar-refractivity contribution in [2.24, 2.45) is 0 Å². The van der Waals surface area contributed by atoms with Crippen LogP contribution in [0.4, 0.5) is 0 Å². The normalized spacial score (nSPS) is 21.1. The minimum atomic E-state index is -1.84. The fourth-order valence-corrected chi connectivity index (χ4v) is 4.82. The average molecular weight is 655 g/mol. The van der Waals surface area contributed by atoms with Gasteiger partial charge in [0.05, 0.1) is 14.2 Å². The predicted octanol–water partition coefficient (Wildman–Crippen LogP) is 1.74. The quantitative estimate of drug-likeness (QED) is 0.0773. The minimum absolute atomic E-state index is 0.0435. The number of carbonyl (C=O) groups excluding carboxylic acids is 1. The van der Waals surface area contributed by atoms with Crippen molar-refractivity contribution in [3.05, 3.63) is 70.4 Å². The molecule has 4 aromatic rings. The van der Waals surface area contributed by atoms with Gasteiger partial charge in [-0.05, 0) is 42.0 Å². The maximum atomic E-state index is 13.1. The molecule has 1 fully saturated rings. The third-order valence-electron chi connectivity index (χ3n) is 7.29. The number of fused-ring (bicyclic) bond motifs is 1. The highest BCUT2D eigenvalue weighted by Gasteiger charge is 2.46. The summed E-state index contributed by atoms with van der Waals surface area (Å²) in [7, 11) is 2.53. The molecule has 0 spiro atoms. The highest BCUT2D eigenvalue weighted by Crippen LogP contribution is 2.44. The largest absolute Gasteiger partial charge is 0.504 e. The molecule has 0 saturated carbocycles. The van der Waals surface area contributed by atoms with E-state index in [2.05, 4.69) is 0 Å². The number of carbonyl (C=O) groups is 1. The molecule has 5 rings (SSSR count). The van der Waals surface area contributed by atoms with Gasteiger partial charge < -0.3 is 63.8 Å². The van der Waals surface area contributed by atoms with Crippen molar-refractivity contribution >= 4 is 23.0 Å². The van der Waals surface area contributed by atoms with Crippen molar-refractivity contribution in [3.8, 4) is 51.6 Å². The zero-order chi connectivity index (χ0) is 34.0. The lowest BCUT2D eigenvalue weighted by atomic mass is 9.99. The van der Waals surface area contributed by atoms with E-state index in [-0.39, 0.29) is 45.5 Å². The van der Waals surface area contributed by atoms with Crippen LogP contribution in [0.2, 0.25) is 0 Å². The Labute approximate surface area is 265 Å². The van der Waals surface area contributed by atoms with Gasteiger partial charge in [0.2, 0.25) is 12.0 Å². The zero-order valence-corrected chi connectivity index (χ0v) is 24.8. The number of aromatic hydroxyl groups is 4. The summed E-state index contributed by atoms with van der Waals surface area (Å²) >= 11 is 0. The van der Waals surface area contributed by atoms with E-state index in [1.54, 1.807) is 0 Å². The Kier molecular flexibility index (Phi) is 9.44. The smallest absolute Gasteiger partial charge is 0.330 e.